The number of ether oxygens (including phenoxy) is 1. The van der Waals surface area contributed by atoms with E-state index >= 15 is 0 Å². The zero-order valence-electron chi connectivity index (χ0n) is 16.8. The number of rotatable bonds is 3. The van der Waals surface area contributed by atoms with Crippen molar-refractivity contribution in [3.05, 3.63) is 60.2 Å². The van der Waals surface area contributed by atoms with E-state index in [2.05, 4.69) is 11.9 Å². The van der Waals surface area contributed by atoms with E-state index in [1.807, 2.05) is 38.1 Å². The number of carbonyl (C=O) groups excluding carboxylic acids is 1. The highest BCUT2D eigenvalue weighted by atomic mass is 19.1. The van der Waals surface area contributed by atoms with Crippen molar-refractivity contribution in [3.8, 4) is 11.1 Å². The molecular formula is C24H25FNO3-. The fourth-order valence-corrected chi connectivity index (χ4v) is 4.93. The van der Waals surface area contributed by atoms with E-state index in [4.69, 9.17) is 4.74 Å². The number of hydrogen-bond donors (Lipinski definition) is 0. The van der Waals surface area contributed by atoms with Gasteiger partial charge in [-0.3, -0.25) is 9.78 Å². The molecule has 1 saturated carbocycles. The number of fused-ring (bicyclic) bond motifs is 1. The molecule has 2 aromatic rings. The molecule has 0 unspecified atom stereocenters. The number of pyridine rings is 1. The molecule has 4 nitrogen and oxygen atoms in total. The molecule has 1 saturated heterocycles. The van der Waals surface area contributed by atoms with Crippen LogP contribution in [0.15, 0.2) is 48.7 Å². The third-order valence-electron chi connectivity index (χ3n) is 6.69. The first-order valence-electron chi connectivity index (χ1n) is 10.1. The highest BCUT2D eigenvalue weighted by Gasteiger charge is 2.55. The van der Waals surface area contributed by atoms with E-state index in [0.717, 1.165) is 5.69 Å². The summed E-state index contributed by atoms with van der Waals surface area (Å²) in [4.78, 5) is 16.6. The Hall–Kier alpha value is -2.53. The van der Waals surface area contributed by atoms with Gasteiger partial charge in [0.15, 0.2) is 0 Å². The third kappa shape index (κ3) is 3.38. The van der Waals surface area contributed by atoms with Crippen LogP contribution in [-0.2, 0) is 9.53 Å². The molecule has 6 atom stereocenters. The average Bonchev–Trinajstić information content (AvgIpc) is 2.92. The van der Waals surface area contributed by atoms with Crippen LogP contribution < -0.4 is 5.11 Å². The Bertz CT molecular complexity index is 941. The molecule has 1 aliphatic heterocycles. The number of hydrogen-bond acceptors (Lipinski definition) is 4. The Balaban J connectivity index is 1.59. The standard InChI is InChI=1S/C24H25FNO3/c1-14-12-24(28)22(16(3)29-23(24)27)19(15(14)2)11-10-18-9-8-17(13-26-18)20-6-4-5-7-21(20)25/h4-11,13-16,19,22H,12H2,1-3H3/q-1/b11-10+/t14-,15+,16+,19-,22-,24-/m0/s1. The van der Waals surface area contributed by atoms with E-state index in [1.54, 1.807) is 24.4 Å². The van der Waals surface area contributed by atoms with E-state index in [9.17, 15) is 14.3 Å². The fraction of sp³-hybridized carbons (Fsp3) is 0.417. The molecule has 0 N–H and O–H groups in total. The Morgan fingerprint density at radius 2 is 1.97 bits per heavy atom. The Morgan fingerprint density at radius 1 is 1.21 bits per heavy atom. The van der Waals surface area contributed by atoms with Gasteiger partial charge in [-0.05, 0) is 54.9 Å². The van der Waals surface area contributed by atoms with E-state index < -0.39 is 11.6 Å². The number of aromatic nitrogens is 1. The number of cyclic esters (lactones) is 1. The van der Waals surface area contributed by atoms with Gasteiger partial charge in [0.25, 0.3) is 5.97 Å². The molecule has 1 aromatic heterocycles. The maximum Gasteiger partial charge on any atom is 0.295 e. The summed E-state index contributed by atoms with van der Waals surface area (Å²) in [5, 5.41) is 13.3. The van der Waals surface area contributed by atoms with E-state index in [0.29, 0.717) is 17.5 Å². The maximum atomic E-state index is 14.0. The lowest BCUT2D eigenvalue weighted by molar-refractivity contribution is -0.480. The fourth-order valence-electron chi connectivity index (χ4n) is 4.93. The number of esters is 1. The molecule has 1 aromatic carbocycles. The summed E-state index contributed by atoms with van der Waals surface area (Å²) in [7, 11) is 0. The van der Waals surface area contributed by atoms with Gasteiger partial charge in [-0.1, -0.05) is 44.2 Å². The molecule has 1 aliphatic carbocycles. The van der Waals surface area contributed by atoms with Crippen molar-refractivity contribution in [2.24, 2.45) is 23.7 Å². The van der Waals surface area contributed by atoms with Crippen LogP contribution in [0, 0.1) is 29.5 Å². The number of nitrogens with zero attached hydrogens (tertiary/aromatic N) is 1. The van der Waals surface area contributed by atoms with Crippen LogP contribution >= 0.6 is 0 Å². The molecule has 2 heterocycles. The molecule has 4 rings (SSSR count). The zero-order chi connectivity index (χ0) is 20.8. The van der Waals surface area contributed by atoms with Gasteiger partial charge in [-0.25, -0.2) is 4.39 Å². The van der Waals surface area contributed by atoms with Crippen molar-refractivity contribution in [1.29, 1.82) is 0 Å². The topological polar surface area (TPSA) is 62.2 Å². The van der Waals surface area contributed by atoms with Crippen molar-refractivity contribution in [2.75, 3.05) is 0 Å². The lowest BCUT2D eigenvalue weighted by atomic mass is 9.60. The van der Waals surface area contributed by atoms with E-state index in [1.165, 1.54) is 6.07 Å². The number of halogens is 1. The van der Waals surface area contributed by atoms with Crippen LogP contribution in [0.5, 0.6) is 0 Å². The predicted molar refractivity (Wildman–Crippen MR) is 107 cm³/mol. The molecule has 0 bridgehead atoms. The first-order chi connectivity index (χ1) is 13.8. The summed E-state index contributed by atoms with van der Waals surface area (Å²) in [6, 6.07) is 10.3. The first kappa shape index (κ1) is 19.8. The van der Waals surface area contributed by atoms with Gasteiger partial charge in [0.05, 0.1) is 5.69 Å². The Kier molecular flexibility index (Phi) is 5.03. The summed E-state index contributed by atoms with van der Waals surface area (Å²) in [6.45, 7) is 5.97. The van der Waals surface area contributed by atoms with Crippen molar-refractivity contribution in [2.45, 2.75) is 38.9 Å². The zero-order valence-corrected chi connectivity index (χ0v) is 16.8. The predicted octanol–water partition coefficient (Wildman–Crippen LogP) is 3.85. The second-order valence-corrected chi connectivity index (χ2v) is 8.45. The number of allylic oxidation sites excluding steroid dienone is 1. The smallest absolute Gasteiger partial charge is 0.295 e. The molecule has 0 radical (unpaired) electrons. The minimum atomic E-state index is -1.66. The van der Waals surface area contributed by atoms with Gasteiger partial charge >= 0.3 is 0 Å². The van der Waals surface area contributed by atoms with Gasteiger partial charge in [0.2, 0.25) is 0 Å². The van der Waals surface area contributed by atoms with Gasteiger partial charge in [-0.15, -0.1) is 0 Å². The summed E-state index contributed by atoms with van der Waals surface area (Å²) in [5.74, 6) is -0.949. The highest BCUT2D eigenvalue weighted by molar-refractivity contribution is 5.82. The quantitative estimate of drug-likeness (QED) is 0.742. The molecule has 2 aliphatic rings. The molecule has 0 spiro atoms. The minimum absolute atomic E-state index is 0.0641. The van der Waals surface area contributed by atoms with Crippen LogP contribution in [0.1, 0.15) is 32.9 Å². The third-order valence-corrected chi connectivity index (χ3v) is 6.69. The van der Waals surface area contributed by atoms with Crippen LogP contribution in [0.4, 0.5) is 4.39 Å². The largest absolute Gasteiger partial charge is 0.841 e. The van der Waals surface area contributed by atoms with Crippen LogP contribution in [-0.4, -0.2) is 22.7 Å². The lowest BCUT2D eigenvalue weighted by Crippen LogP contribution is -2.61. The van der Waals surface area contributed by atoms with Crippen molar-refractivity contribution in [3.63, 3.8) is 0 Å². The average molecular weight is 394 g/mol. The first-order valence-corrected chi connectivity index (χ1v) is 10.1. The number of benzene rings is 1. The summed E-state index contributed by atoms with van der Waals surface area (Å²) >= 11 is 0. The van der Waals surface area contributed by atoms with Gasteiger partial charge in [-0.2, -0.15) is 0 Å². The van der Waals surface area contributed by atoms with Gasteiger partial charge in [0, 0.05) is 23.2 Å². The lowest BCUT2D eigenvalue weighted by Gasteiger charge is -2.51. The van der Waals surface area contributed by atoms with Crippen molar-refractivity contribution >= 4 is 12.0 Å². The molecule has 29 heavy (non-hydrogen) atoms. The second-order valence-electron chi connectivity index (χ2n) is 8.45. The Morgan fingerprint density at radius 3 is 2.66 bits per heavy atom. The van der Waals surface area contributed by atoms with Crippen LogP contribution in [0.3, 0.4) is 0 Å². The van der Waals surface area contributed by atoms with E-state index in [-0.39, 0.29) is 35.6 Å². The molecular weight excluding hydrogens is 369 g/mol. The van der Waals surface area contributed by atoms with Crippen molar-refractivity contribution < 1.29 is 19.0 Å². The monoisotopic (exact) mass is 394 g/mol. The molecule has 0 amide bonds. The normalized spacial score (nSPS) is 34.2. The summed E-state index contributed by atoms with van der Waals surface area (Å²) < 4.78 is 19.3. The van der Waals surface area contributed by atoms with Gasteiger partial charge < -0.3 is 9.84 Å². The van der Waals surface area contributed by atoms with Crippen molar-refractivity contribution in [1.82, 2.24) is 4.98 Å². The SMILES string of the molecule is C[C@H]1[C@H](/C=C/c2ccc(-c3ccccc3F)cn2)[C@@H]2[C@@H](C)OC(=O)[C@]2([O-])C[C@@H]1C. The molecule has 5 heteroatoms. The second kappa shape index (κ2) is 7.38. The maximum absolute atomic E-state index is 14.0. The summed E-state index contributed by atoms with van der Waals surface area (Å²) in [6.07, 6.45) is 5.47. The minimum Gasteiger partial charge on any atom is -0.841 e. The molecule has 152 valence electrons. The van der Waals surface area contributed by atoms with Crippen LogP contribution in [0.2, 0.25) is 0 Å². The number of carbonyl (C=O) groups is 1. The summed E-state index contributed by atoms with van der Waals surface area (Å²) in [5.41, 5.74) is 0.284. The highest BCUT2D eigenvalue weighted by Crippen LogP contribution is 2.49. The van der Waals surface area contributed by atoms with Crippen LogP contribution in [0.25, 0.3) is 17.2 Å². The Labute approximate surface area is 170 Å². The molecule has 2 fully saturated rings. The van der Waals surface area contributed by atoms with Gasteiger partial charge in [0.1, 0.15) is 11.9 Å².